The van der Waals surface area contributed by atoms with Gasteiger partial charge in [0.25, 0.3) is 0 Å². The number of rotatable bonds is 0. The zero-order chi connectivity index (χ0) is 14.8. The van der Waals surface area contributed by atoms with E-state index in [0.717, 1.165) is 55.8 Å². The van der Waals surface area contributed by atoms with Crippen molar-refractivity contribution in [3.8, 4) is 0 Å². The fourth-order valence-corrected chi connectivity index (χ4v) is 6.85. The van der Waals surface area contributed by atoms with Crippen LogP contribution in [0.3, 0.4) is 0 Å². The summed E-state index contributed by atoms with van der Waals surface area (Å²) in [6, 6.07) is 0. The summed E-state index contributed by atoms with van der Waals surface area (Å²) < 4.78 is 0. The first-order chi connectivity index (χ1) is 9.91. The van der Waals surface area contributed by atoms with Gasteiger partial charge in [-0.2, -0.15) is 0 Å². The summed E-state index contributed by atoms with van der Waals surface area (Å²) >= 11 is 0. The quantitative estimate of drug-likeness (QED) is 0.733. The van der Waals surface area contributed by atoms with Crippen molar-refractivity contribution in [1.82, 2.24) is 0 Å². The number of fused-ring (bicyclic) bond motifs is 5. The molecular formula is C19H30O2. The predicted molar refractivity (Wildman–Crippen MR) is 82.7 cm³/mol. The molecule has 0 spiro atoms. The third-order valence-electron chi connectivity index (χ3n) is 7.95. The van der Waals surface area contributed by atoms with E-state index in [1.807, 2.05) is 6.92 Å². The van der Waals surface area contributed by atoms with Crippen molar-refractivity contribution in [3.05, 3.63) is 0 Å². The Labute approximate surface area is 128 Å². The second kappa shape index (κ2) is 4.57. The first-order valence-electron chi connectivity index (χ1n) is 9.16. The highest BCUT2D eigenvalue weighted by Gasteiger charge is 2.57. The molecule has 0 aromatic carbocycles. The Morgan fingerprint density at radius 1 is 0.952 bits per heavy atom. The number of ketones is 1. The Balaban J connectivity index is 1.57. The SMILES string of the molecule is C[C@@]1(O)CC[C@@H]2C3CC[C@]4(C)C(=O)CCC4C3CC[C@@H]2C1. The van der Waals surface area contributed by atoms with E-state index in [1.165, 1.54) is 25.7 Å². The molecule has 0 saturated heterocycles. The summed E-state index contributed by atoms with van der Waals surface area (Å²) in [7, 11) is 0. The van der Waals surface area contributed by atoms with Gasteiger partial charge in [0.05, 0.1) is 5.60 Å². The van der Waals surface area contributed by atoms with Crippen molar-refractivity contribution in [2.45, 2.75) is 77.2 Å². The fourth-order valence-electron chi connectivity index (χ4n) is 6.85. The smallest absolute Gasteiger partial charge is 0.139 e. The molecule has 21 heavy (non-hydrogen) atoms. The molecule has 2 heteroatoms. The largest absolute Gasteiger partial charge is 0.390 e. The molecule has 4 saturated carbocycles. The Bertz CT molecular complexity index is 454. The van der Waals surface area contributed by atoms with Gasteiger partial charge in [-0.15, -0.1) is 0 Å². The van der Waals surface area contributed by atoms with Crippen molar-refractivity contribution in [2.24, 2.45) is 35.0 Å². The summed E-state index contributed by atoms with van der Waals surface area (Å²) in [5.74, 6) is 4.47. The normalized spacial score (nSPS) is 56.5. The minimum atomic E-state index is -0.416. The van der Waals surface area contributed by atoms with E-state index in [-0.39, 0.29) is 5.41 Å². The van der Waals surface area contributed by atoms with Gasteiger partial charge in [0, 0.05) is 11.8 Å². The maximum Gasteiger partial charge on any atom is 0.139 e. The molecule has 2 nitrogen and oxygen atoms in total. The van der Waals surface area contributed by atoms with Crippen LogP contribution in [0.25, 0.3) is 0 Å². The van der Waals surface area contributed by atoms with Crippen molar-refractivity contribution in [1.29, 1.82) is 0 Å². The van der Waals surface area contributed by atoms with Gasteiger partial charge in [0.1, 0.15) is 5.78 Å². The molecule has 118 valence electrons. The second-order valence-corrected chi connectivity index (χ2v) is 9.09. The monoisotopic (exact) mass is 290 g/mol. The van der Waals surface area contributed by atoms with Crippen molar-refractivity contribution in [3.63, 3.8) is 0 Å². The Morgan fingerprint density at radius 3 is 2.52 bits per heavy atom. The van der Waals surface area contributed by atoms with Gasteiger partial charge in [-0.1, -0.05) is 6.92 Å². The van der Waals surface area contributed by atoms with Crippen molar-refractivity contribution < 1.29 is 9.90 Å². The average molecular weight is 290 g/mol. The molecule has 0 amide bonds. The van der Waals surface area contributed by atoms with Crippen molar-refractivity contribution >= 4 is 5.78 Å². The van der Waals surface area contributed by atoms with Crippen LogP contribution in [-0.2, 0) is 4.79 Å². The highest BCUT2D eigenvalue weighted by atomic mass is 16.3. The van der Waals surface area contributed by atoms with E-state index in [4.69, 9.17) is 0 Å². The Morgan fingerprint density at radius 2 is 1.71 bits per heavy atom. The zero-order valence-electron chi connectivity index (χ0n) is 13.6. The highest BCUT2D eigenvalue weighted by molar-refractivity contribution is 5.87. The Kier molecular flexibility index (Phi) is 3.10. The number of hydrogen-bond acceptors (Lipinski definition) is 2. The maximum atomic E-state index is 12.3. The van der Waals surface area contributed by atoms with E-state index in [9.17, 15) is 9.90 Å². The van der Waals surface area contributed by atoms with Gasteiger partial charge in [-0.05, 0) is 87.9 Å². The van der Waals surface area contributed by atoms with Gasteiger partial charge in [0.15, 0.2) is 0 Å². The number of aliphatic hydroxyl groups is 1. The molecule has 4 fully saturated rings. The molecule has 0 radical (unpaired) electrons. The minimum absolute atomic E-state index is 0.0220. The molecule has 0 heterocycles. The average Bonchev–Trinajstić information content (AvgIpc) is 2.73. The summed E-state index contributed by atoms with van der Waals surface area (Å²) in [4.78, 5) is 12.3. The molecule has 0 aliphatic heterocycles. The van der Waals surface area contributed by atoms with Gasteiger partial charge in [-0.3, -0.25) is 4.79 Å². The van der Waals surface area contributed by atoms with Gasteiger partial charge in [-0.25, -0.2) is 0 Å². The molecule has 0 aromatic rings. The lowest BCUT2D eigenvalue weighted by molar-refractivity contribution is -0.134. The molecule has 3 unspecified atom stereocenters. The first-order valence-corrected chi connectivity index (χ1v) is 9.16. The molecule has 1 N–H and O–H groups in total. The molecular weight excluding hydrogens is 260 g/mol. The lowest BCUT2D eigenvalue weighted by Crippen LogP contribution is -2.50. The number of Topliss-reactive ketones (excluding diaryl/α,β-unsaturated/α-hetero) is 1. The fraction of sp³-hybridized carbons (Fsp3) is 0.947. The van der Waals surface area contributed by atoms with Crippen LogP contribution in [0.15, 0.2) is 0 Å². The highest BCUT2D eigenvalue weighted by Crippen LogP contribution is 2.61. The molecule has 4 rings (SSSR count). The third kappa shape index (κ3) is 2.04. The van der Waals surface area contributed by atoms with Gasteiger partial charge < -0.3 is 5.11 Å². The lowest BCUT2D eigenvalue weighted by Gasteiger charge is -2.55. The summed E-state index contributed by atoms with van der Waals surface area (Å²) in [5.41, 5.74) is -0.394. The molecule has 4 aliphatic rings. The molecule has 0 aromatic heterocycles. The second-order valence-electron chi connectivity index (χ2n) is 9.09. The van der Waals surface area contributed by atoms with Crippen LogP contribution in [0.5, 0.6) is 0 Å². The summed E-state index contributed by atoms with van der Waals surface area (Å²) in [5, 5.41) is 10.4. The lowest BCUT2D eigenvalue weighted by atomic mass is 9.50. The van der Waals surface area contributed by atoms with E-state index >= 15 is 0 Å². The number of carbonyl (C=O) groups excluding carboxylic acids is 1. The van der Waals surface area contributed by atoms with E-state index in [1.54, 1.807) is 0 Å². The Hall–Kier alpha value is -0.370. The zero-order valence-corrected chi connectivity index (χ0v) is 13.6. The summed E-state index contributed by atoms with van der Waals surface area (Å²) in [6.45, 7) is 4.30. The standard InChI is InChI=1S/C19H30O2/c1-18(21)9-7-13-12(11-18)3-4-15-14(13)8-10-19(2)16(15)5-6-17(19)20/h12-16,21H,3-11H2,1-2H3/t12-,13+,14?,15?,16?,18-,19+/m1/s1. The van der Waals surface area contributed by atoms with Crippen LogP contribution in [0, 0.1) is 35.0 Å². The summed E-state index contributed by atoms with van der Waals surface area (Å²) in [6.07, 6.45) is 10.2. The predicted octanol–water partition coefficient (Wildman–Crippen LogP) is 3.96. The van der Waals surface area contributed by atoms with E-state index in [2.05, 4.69) is 6.92 Å². The number of carbonyl (C=O) groups is 1. The third-order valence-corrected chi connectivity index (χ3v) is 7.95. The van der Waals surface area contributed by atoms with Crippen LogP contribution in [0.2, 0.25) is 0 Å². The molecule has 7 atom stereocenters. The van der Waals surface area contributed by atoms with E-state index in [0.29, 0.717) is 11.7 Å². The van der Waals surface area contributed by atoms with Crippen molar-refractivity contribution in [2.75, 3.05) is 0 Å². The van der Waals surface area contributed by atoms with E-state index < -0.39 is 5.60 Å². The minimum Gasteiger partial charge on any atom is -0.390 e. The van der Waals surface area contributed by atoms with Gasteiger partial charge in [0.2, 0.25) is 0 Å². The molecule has 4 aliphatic carbocycles. The van der Waals surface area contributed by atoms with Gasteiger partial charge >= 0.3 is 0 Å². The first kappa shape index (κ1) is 14.2. The van der Waals surface area contributed by atoms with Crippen LogP contribution in [0.1, 0.15) is 71.6 Å². The maximum absolute atomic E-state index is 12.3. The topological polar surface area (TPSA) is 37.3 Å². The van der Waals surface area contributed by atoms with Crippen LogP contribution < -0.4 is 0 Å². The number of hydrogen-bond donors (Lipinski definition) is 1. The van der Waals surface area contributed by atoms with Crippen LogP contribution in [0.4, 0.5) is 0 Å². The van der Waals surface area contributed by atoms with Crippen LogP contribution in [-0.4, -0.2) is 16.5 Å². The van der Waals surface area contributed by atoms with Crippen LogP contribution >= 0.6 is 0 Å². The molecule has 0 bridgehead atoms.